The summed E-state index contributed by atoms with van der Waals surface area (Å²) in [4.78, 5) is 2.55. The van der Waals surface area contributed by atoms with E-state index < -0.39 is 0 Å². The van der Waals surface area contributed by atoms with Crippen LogP contribution in [0.15, 0.2) is 24.3 Å². The molecule has 0 amide bonds. The van der Waals surface area contributed by atoms with Crippen molar-refractivity contribution in [1.82, 2.24) is 10.3 Å². The second kappa shape index (κ2) is 5.39. The van der Waals surface area contributed by atoms with Crippen LogP contribution in [0.25, 0.3) is 0 Å². The zero-order valence-corrected chi connectivity index (χ0v) is 11.7. The molecule has 3 nitrogen and oxygen atoms in total. The number of nitrogens with zero attached hydrogens (tertiary/aromatic N) is 1. The van der Waals surface area contributed by atoms with E-state index in [-0.39, 0.29) is 11.6 Å². The van der Waals surface area contributed by atoms with Crippen LogP contribution < -0.4 is 11.3 Å². The van der Waals surface area contributed by atoms with Crippen LogP contribution in [0, 0.1) is 6.92 Å². The van der Waals surface area contributed by atoms with E-state index in [0.29, 0.717) is 0 Å². The number of hydrazine groups is 1. The summed E-state index contributed by atoms with van der Waals surface area (Å²) < 4.78 is 0. The average molecular weight is 247 g/mol. The Hall–Kier alpha value is -0.900. The Morgan fingerprint density at radius 1 is 1.22 bits per heavy atom. The molecule has 0 radical (unpaired) electrons. The largest absolute Gasteiger partial charge is 0.296 e. The molecular weight excluding hydrogens is 222 g/mol. The number of likely N-dealkylation sites (tertiary alicyclic amines) is 1. The lowest BCUT2D eigenvalue weighted by Gasteiger charge is -2.42. The fourth-order valence-corrected chi connectivity index (χ4v) is 3.06. The highest BCUT2D eigenvalue weighted by molar-refractivity contribution is 5.31. The highest BCUT2D eigenvalue weighted by atomic mass is 15.3. The SMILES string of the molecule is Cc1ccccc1C(NN)C(C)(C)N1CCCC1. The predicted molar refractivity (Wildman–Crippen MR) is 76.1 cm³/mol. The number of nitrogens with two attached hydrogens (primary N) is 1. The van der Waals surface area contributed by atoms with E-state index >= 15 is 0 Å². The molecule has 1 atom stereocenters. The van der Waals surface area contributed by atoms with E-state index in [9.17, 15) is 0 Å². The summed E-state index contributed by atoms with van der Waals surface area (Å²) >= 11 is 0. The van der Waals surface area contributed by atoms with Crippen LogP contribution in [0.1, 0.15) is 43.9 Å². The van der Waals surface area contributed by atoms with Gasteiger partial charge in [0.1, 0.15) is 0 Å². The zero-order chi connectivity index (χ0) is 13.2. The lowest BCUT2D eigenvalue weighted by Crippen LogP contribution is -2.53. The minimum Gasteiger partial charge on any atom is -0.296 e. The molecule has 0 aromatic heterocycles. The number of hydrogen-bond donors (Lipinski definition) is 2. The summed E-state index contributed by atoms with van der Waals surface area (Å²) in [7, 11) is 0. The normalized spacial score (nSPS) is 19.1. The van der Waals surface area contributed by atoms with Crippen molar-refractivity contribution in [2.75, 3.05) is 13.1 Å². The molecule has 1 saturated heterocycles. The van der Waals surface area contributed by atoms with Crippen LogP contribution in [0.5, 0.6) is 0 Å². The molecule has 3 heteroatoms. The van der Waals surface area contributed by atoms with Crippen molar-refractivity contribution in [1.29, 1.82) is 0 Å². The minimum atomic E-state index is 0.0391. The van der Waals surface area contributed by atoms with Gasteiger partial charge in [-0.15, -0.1) is 0 Å². The van der Waals surface area contributed by atoms with Crippen LogP contribution in [-0.4, -0.2) is 23.5 Å². The van der Waals surface area contributed by atoms with Gasteiger partial charge in [-0.25, -0.2) is 0 Å². The van der Waals surface area contributed by atoms with Crippen molar-refractivity contribution < 1.29 is 0 Å². The van der Waals surface area contributed by atoms with Crippen molar-refractivity contribution in [3.8, 4) is 0 Å². The van der Waals surface area contributed by atoms with Gasteiger partial charge >= 0.3 is 0 Å². The lowest BCUT2D eigenvalue weighted by molar-refractivity contribution is 0.106. The highest BCUT2D eigenvalue weighted by Gasteiger charge is 2.37. The van der Waals surface area contributed by atoms with Gasteiger partial charge < -0.3 is 0 Å². The fourth-order valence-electron chi connectivity index (χ4n) is 3.06. The quantitative estimate of drug-likeness (QED) is 0.634. The molecule has 0 bridgehead atoms. The van der Waals surface area contributed by atoms with Crippen LogP contribution in [-0.2, 0) is 0 Å². The second-order valence-corrected chi connectivity index (χ2v) is 5.80. The van der Waals surface area contributed by atoms with Crippen molar-refractivity contribution in [2.24, 2.45) is 5.84 Å². The molecule has 2 rings (SSSR count). The first-order valence-electron chi connectivity index (χ1n) is 6.84. The molecule has 0 spiro atoms. The molecular formula is C15H25N3. The van der Waals surface area contributed by atoms with E-state index in [1.165, 1.54) is 37.1 Å². The van der Waals surface area contributed by atoms with Gasteiger partial charge in [0.25, 0.3) is 0 Å². The lowest BCUT2D eigenvalue weighted by atomic mass is 9.85. The van der Waals surface area contributed by atoms with Crippen molar-refractivity contribution >= 4 is 0 Å². The van der Waals surface area contributed by atoms with Gasteiger partial charge in [-0.2, -0.15) is 0 Å². The highest BCUT2D eigenvalue weighted by Crippen LogP contribution is 2.34. The fraction of sp³-hybridized carbons (Fsp3) is 0.600. The van der Waals surface area contributed by atoms with E-state index in [4.69, 9.17) is 5.84 Å². The van der Waals surface area contributed by atoms with E-state index in [0.717, 1.165) is 0 Å². The number of aryl methyl sites for hydroxylation is 1. The Kier molecular flexibility index (Phi) is 4.05. The second-order valence-electron chi connectivity index (χ2n) is 5.80. The Balaban J connectivity index is 2.30. The first-order chi connectivity index (χ1) is 8.57. The Bertz CT molecular complexity index is 394. The first kappa shape index (κ1) is 13.5. The topological polar surface area (TPSA) is 41.3 Å². The van der Waals surface area contributed by atoms with E-state index in [1.54, 1.807) is 0 Å². The molecule has 1 unspecified atom stereocenters. The molecule has 18 heavy (non-hydrogen) atoms. The molecule has 100 valence electrons. The van der Waals surface area contributed by atoms with Gasteiger partial charge in [-0.05, 0) is 57.8 Å². The Labute approximate surface area is 110 Å². The summed E-state index contributed by atoms with van der Waals surface area (Å²) in [5.74, 6) is 5.85. The van der Waals surface area contributed by atoms with Crippen molar-refractivity contribution in [2.45, 2.75) is 45.2 Å². The summed E-state index contributed by atoms with van der Waals surface area (Å²) in [6.07, 6.45) is 2.60. The molecule has 3 N–H and O–H groups in total. The third kappa shape index (κ3) is 2.44. The van der Waals surface area contributed by atoms with Gasteiger partial charge in [0.2, 0.25) is 0 Å². The molecule has 1 heterocycles. The maximum atomic E-state index is 5.85. The maximum absolute atomic E-state index is 5.85. The van der Waals surface area contributed by atoms with Crippen LogP contribution in [0.2, 0.25) is 0 Å². The zero-order valence-electron chi connectivity index (χ0n) is 11.7. The van der Waals surface area contributed by atoms with Gasteiger partial charge in [0.05, 0.1) is 6.04 Å². The van der Waals surface area contributed by atoms with Crippen LogP contribution >= 0.6 is 0 Å². The standard InChI is InChI=1S/C15H25N3/c1-12-8-4-5-9-13(12)14(17-16)15(2,3)18-10-6-7-11-18/h4-5,8-9,14,17H,6-7,10-11,16H2,1-3H3. The maximum Gasteiger partial charge on any atom is 0.0641 e. The molecule has 1 aromatic carbocycles. The predicted octanol–water partition coefficient (Wildman–Crippen LogP) is 2.37. The summed E-state index contributed by atoms with van der Waals surface area (Å²) in [6.45, 7) is 9.08. The number of nitrogens with one attached hydrogen (secondary N) is 1. The molecule has 1 aromatic rings. The van der Waals surface area contributed by atoms with E-state index in [2.05, 4.69) is 55.4 Å². The Morgan fingerprint density at radius 2 is 1.83 bits per heavy atom. The van der Waals surface area contributed by atoms with E-state index in [1.807, 2.05) is 0 Å². The van der Waals surface area contributed by atoms with Crippen molar-refractivity contribution in [3.05, 3.63) is 35.4 Å². The van der Waals surface area contributed by atoms with Crippen LogP contribution in [0.4, 0.5) is 0 Å². The molecule has 0 aliphatic carbocycles. The van der Waals surface area contributed by atoms with Gasteiger partial charge in [-0.1, -0.05) is 24.3 Å². The van der Waals surface area contributed by atoms with Crippen molar-refractivity contribution in [3.63, 3.8) is 0 Å². The third-order valence-corrected chi connectivity index (χ3v) is 4.29. The van der Waals surface area contributed by atoms with Gasteiger partial charge in [0.15, 0.2) is 0 Å². The minimum absolute atomic E-state index is 0.0391. The Morgan fingerprint density at radius 3 is 2.39 bits per heavy atom. The van der Waals surface area contributed by atoms with Gasteiger partial charge in [0, 0.05) is 5.54 Å². The number of rotatable bonds is 4. The summed E-state index contributed by atoms with van der Waals surface area (Å²) in [5.41, 5.74) is 5.68. The van der Waals surface area contributed by atoms with Crippen LogP contribution in [0.3, 0.4) is 0 Å². The summed E-state index contributed by atoms with van der Waals surface area (Å²) in [5, 5.41) is 0. The average Bonchev–Trinajstić information content (AvgIpc) is 2.86. The smallest absolute Gasteiger partial charge is 0.0641 e. The number of benzene rings is 1. The molecule has 1 aliphatic heterocycles. The number of hydrogen-bond acceptors (Lipinski definition) is 3. The third-order valence-electron chi connectivity index (χ3n) is 4.29. The molecule has 0 saturated carbocycles. The first-order valence-corrected chi connectivity index (χ1v) is 6.84. The summed E-state index contributed by atoms with van der Waals surface area (Å²) in [6, 6.07) is 8.66. The molecule has 1 aliphatic rings. The van der Waals surface area contributed by atoms with Gasteiger partial charge in [-0.3, -0.25) is 16.2 Å². The monoisotopic (exact) mass is 247 g/mol. The molecule has 1 fully saturated rings.